The van der Waals surface area contributed by atoms with E-state index in [1.54, 1.807) is 0 Å². The van der Waals surface area contributed by atoms with Gasteiger partial charge in [0.15, 0.2) is 0 Å². The Kier molecular flexibility index (Phi) is 5.29. The number of nitrogens with zero attached hydrogens (tertiary/aromatic N) is 1. The number of thioether (sulfide) groups is 1. The van der Waals surface area contributed by atoms with Crippen molar-refractivity contribution in [1.29, 1.82) is 0 Å². The number of benzene rings is 2. The zero-order valence-electron chi connectivity index (χ0n) is 16.7. The summed E-state index contributed by atoms with van der Waals surface area (Å²) in [5.41, 5.74) is 6.22. The molecular weight excluding hydrogens is 354 g/mol. The third-order valence-corrected chi connectivity index (χ3v) is 5.60. The molecule has 0 fully saturated rings. The third-order valence-electron chi connectivity index (χ3n) is 4.51. The zero-order valence-corrected chi connectivity index (χ0v) is 17.5. The lowest BCUT2D eigenvalue weighted by Gasteiger charge is -2.17. The van der Waals surface area contributed by atoms with Gasteiger partial charge in [-0.1, -0.05) is 43.7 Å². The van der Waals surface area contributed by atoms with Crippen molar-refractivity contribution in [2.75, 3.05) is 4.90 Å². The first-order valence-corrected chi connectivity index (χ1v) is 10.0. The lowest BCUT2D eigenvalue weighted by Crippen LogP contribution is -2.31. The average molecular weight is 380 g/mol. The number of anilines is 1. The summed E-state index contributed by atoms with van der Waals surface area (Å²) in [7, 11) is 0. The van der Waals surface area contributed by atoms with E-state index < -0.39 is 0 Å². The average Bonchev–Trinajstić information content (AvgIpc) is 2.77. The molecule has 3 rings (SSSR count). The van der Waals surface area contributed by atoms with Gasteiger partial charge >= 0.3 is 0 Å². The van der Waals surface area contributed by atoms with Crippen molar-refractivity contribution in [1.82, 2.24) is 0 Å². The van der Waals surface area contributed by atoms with Crippen molar-refractivity contribution in [2.24, 2.45) is 0 Å². The molecule has 140 valence electrons. The van der Waals surface area contributed by atoms with Gasteiger partial charge in [-0.25, -0.2) is 4.90 Å². The van der Waals surface area contributed by atoms with Crippen LogP contribution in [0.3, 0.4) is 0 Å². The lowest BCUT2D eigenvalue weighted by atomic mass is 9.98. The molecule has 2 amide bonds. The summed E-state index contributed by atoms with van der Waals surface area (Å²) >= 11 is 1.46. The van der Waals surface area contributed by atoms with Crippen molar-refractivity contribution < 1.29 is 9.59 Å². The number of rotatable bonds is 4. The molecule has 0 radical (unpaired) electrons. The van der Waals surface area contributed by atoms with Gasteiger partial charge in [0.05, 0.1) is 16.2 Å². The Labute approximate surface area is 165 Å². The van der Waals surface area contributed by atoms with Crippen LogP contribution in [0.4, 0.5) is 5.69 Å². The topological polar surface area (TPSA) is 37.4 Å². The highest BCUT2D eigenvalue weighted by Crippen LogP contribution is 2.41. The molecule has 1 aliphatic rings. The molecule has 0 saturated carbocycles. The van der Waals surface area contributed by atoms with Crippen LogP contribution in [0.2, 0.25) is 0 Å². The van der Waals surface area contributed by atoms with Crippen molar-refractivity contribution in [3.05, 3.63) is 69.1 Å². The first kappa shape index (κ1) is 19.4. The molecule has 3 nitrogen and oxygen atoms in total. The number of amides is 2. The fourth-order valence-electron chi connectivity index (χ4n) is 3.50. The summed E-state index contributed by atoms with van der Waals surface area (Å²) in [6.07, 6.45) is 0. The lowest BCUT2D eigenvalue weighted by molar-refractivity contribution is -0.119. The van der Waals surface area contributed by atoms with E-state index >= 15 is 0 Å². The minimum atomic E-state index is -0.236. The molecule has 0 bridgehead atoms. The van der Waals surface area contributed by atoms with Gasteiger partial charge in [-0.3, -0.25) is 9.59 Å². The van der Waals surface area contributed by atoms with Crippen molar-refractivity contribution in [3.8, 4) is 0 Å². The van der Waals surface area contributed by atoms with Gasteiger partial charge in [-0.2, -0.15) is 0 Å². The summed E-state index contributed by atoms with van der Waals surface area (Å²) in [6.45, 7) is 12.0. The summed E-state index contributed by atoms with van der Waals surface area (Å²) in [5, 5.41) is 0.205. The van der Waals surface area contributed by atoms with Gasteiger partial charge < -0.3 is 0 Å². The van der Waals surface area contributed by atoms with Crippen LogP contribution in [0.5, 0.6) is 0 Å². The van der Waals surface area contributed by atoms with Crippen LogP contribution in [0.1, 0.15) is 41.7 Å². The Hall–Kier alpha value is -2.33. The molecule has 0 unspecified atom stereocenters. The van der Waals surface area contributed by atoms with Crippen LogP contribution in [-0.4, -0.2) is 17.1 Å². The van der Waals surface area contributed by atoms with Crippen LogP contribution in [0, 0.1) is 27.7 Å². The quantitative estimate of drug-likeness (QED) is 0.672. The van der Waals surface area contributed by atoms with Crippen molar-refractivity contribution >= 4 is 34.8 Å². The molecule has 2 aromatic rings. The molecule has 0 atom stereocenters. The van der Waals surface area contributed by atoms with Gasteiger partial charge in [-0.15, -0.1) is 11.8 Å². The summed E-state index contributed by atoms with van der Waals surface area (Å²) in [4.78, 5) is 28.5. The van der Waals surface area contributed by atoms with E-state index in [0.717, 1.165) is 27.8 Å². The minimum absolute atomic E-state index is 0.205. The molecule has 0 saturated heterocycles. The van der Waals surface area contributed by atoms with E-state index in [4.69, 9.17) is 0 Å². The molecule has 27 heavy (non-hydrogen) atoms. The number of imide groups is 1. The minimum Gasteiger partial charge on any atom is -0.268 e. The van der Waals surface area contributed by atoms with Crippen LogP contribution >= 0.6 is 11.8 Å². The Morgan fingerprint density at radius 2 is 1.44 bits per heavy atom. The maximum absolute atomic E-state index is 13.4. The highest BCUT2D eigenvalue weighted by atomic mass is 32.2. The molecule has 1 aliphatic heterocycles. The van der Waals surface area contributed by atoms with Crippen molar-refractivity contribution in [3.63, 3.8) is 0 Å². The van der Waals surface area contributed by atoms with Gasteiger partial charge in [0.25, 0.3) is 11.8 Å². The first-order valence-electron chi connectivity index (χ1n) is 9.14. The van der Waals surface area contributed by atoms with Gasteiger partial charge in [-0.05, 0) is 62.1 Å². The Morgan fingerprint density at radius 3 is 2.00 bits per heavy atom. The molecular formula is C23H25NO2S. The first-order chi connectivity index (χ1) is 12.7. The monoisotopic (exact) mass is 379 g/mol. The highest BCUT2D eigenvalue weighted by Gasteiger charge is 2.41. The van der Waals surface area contributed by atoms with Gasteiger partial charge in [0.2, 0.25) is 0 Å². The number of carbonyl (C=O) groups is 2. The second kappa shape index (κ2) is 7.35. The van der Waals surface area contributed by atoms with E-state index in [0.29, 0.717) is 16.2 Å². The van der Waals surface area contributed by atoms with Gasteiger partial charge in [0, 0.05) is 5.25 Å². The standard InChI is InChI=1S/C23H25NO2S/c1-13(2)27-21-20(19-8-7-14(3)10-17(19)6)22(25)24(23(21)26)18-11-15(4)9-16(5)12-18/h7-13H,1-6H3. The van der Waals surface area contributed by atoms with E-state index in [1.165, 1.54) is 16.7 Å². The predicted octanol–water partition coefficient (Wildman–Crippen LogP) is 5.35. The zero-order chi connectivity index (χ0) is 19.9. The Bertz CT molecular complexity index is 952. The summed E-state index contributed by atoms with van der Waals surface area (Å²) < 4.78 is 0. The molecule has 0 N–H and O–H groups in total. The van der Waals surface area contributed by atoms with E-state index in [1.807, 2.05) is 71.9 Å². The third kappa shape index (κ3) is 3.72. The smallest absolute Gasteiger partial charge is 0.268 e. The fourth-order valence-corrected chi connectivity index (χ4v) is 4.48. The molecule has 2 aromatic carbocycles. The van der Waals surface area contributed by atoms with Crippen LogP contribution in [0.25, 0.3) is 5.57 Å². The second-order valence-corrected chi connectivity index (χ2v) is 9.07. The van der Waals surface area contributed by atoms with Crippen LogP contribution in [0.15, 0.2) is 41.3 Å². The van der Waals surface area contributed by atoms with E-state index in [9.17, 15) is 9.59 Å². The van der Waals surface area contributed by atoms with E-state index in [-0.39, 0.29) is 17.1 Å². The molecule has 4 heteroatoms. The van der Waals surface area contributed by atoms with E-state index in [2.05, 4.69) is 6.07 Å². The highest BCUT2D eigenvalue weighted by molar-refractivity contribution is 8.04. The van der Waals surface area contributed by atoms with Gasteiger partial charge in [0.1, 0.15) is 0 Å². The maximum atomic E-state index is 13.4. The number of carbonyl (C=O) groups excluding carboxylic acids is 2. The molecule has 0 aliphatic carbocycles. The van der Waals surface area contributed by atoms with Crippen molar-refractivity contribution in [2.45, 2.75) is 46.8 Å². The normalized spacial score (nSPS) is 14.7. The number of aryl methyl sites for hydroxylation is 4. The molecule has 0 spiro atoms. The Morgan fingerprint density at radius 1 is 0.815 bits per heavy atom. The maximum Gasteiger partial charge on any atom is 0.272 e. The van der Waals surface area contributed by atoms with Crippen LogP contribution in [-0.2, 0) is 9.59 Å². The number of hydrogen-bond donors (Lipinski definition) is 0. The second-order valence-electron chi connectivity index (χ2n) is 7.48. The summed E-state index contributed by atoms with van der Waals surface area (Å²) in [5.74, 6) is -0.459. The fraction of sp³-hybridized carbons (Fsp3) is 0.304. The largest absolute Gasteiger partial charge is 0.272 e. The molecule has 0 aromatic heterocycles. The Balaban J connectivity index is 2.17. The number of hydrogen-bond acceptors (Lipinski definition) is 3. The SMILES string of the molecule is Cc1cc(C)cc(N2C(=O)C(SC(C)C)=C(c3ccc(C)cc3C)C2=O)c1. The molecule has 1 heterocycles. The van der Waals surface area contributed by atoms with Crippen LogP contribution < -0.4 is 4.90 Å². The predicted molar refractivity (Wildman–Crippen MR) is 114 cm³/mol. The summed E-state index contributed by atoms with van der Waals surface area (Å²) in [6, 6.07) is 11.8.